The Labute approximate surface area is 120 Å². The van der Waals surface area contributed by atoms with Crippen LogP contribution in [0.1, 0.15) is 30.5 Å². The average Bonchev–Trinajstić information content (AvgIpc) is 2.40. The molecule has 2 aromatic rings. The van der Waals surface area contributed by atoms with Gasteiger partial charge in [-0.1, -0.05) is 50.2 Å². The van der Waals surface area contributed by atoms with Crippen molar-refractivity contribution < 1.29 is 9.13 Å². The molecule has 2 aromatic carbocycles. The maximum Gasteiger partial charge on any atom is 0.123 e. The first-order valence-electron chi connectivity index (χ1n) is 7.03. The summed E-state index contributed by atoms with van der Waals surface area (Å²) in [6, 6.07) is 15.0. The Morgan fingerprint density at radius 3 is 2.20 bits per heavy atom. The highest BCUT2D eigenvalue weighted by Gasteiger charge is 2.00. The molecule has 0 radical (unpaired) electrons. The Morgan fingerprint density at radius 2 is 1.55 bits per heavy atom. The van der Waals surface area contributed by atoms with E-state index in [-0.39, 0.29) is 5.82 Å². The predicted octanol–water partition coefficient (Wildman–Crippen LogP) is 4.74. The molecule has 0 heterocycles. The van der Waals surface area contributed by atoms with Crippen molar-refractivity contribution in [3.8, 4) is 0 Å². The van der Waals surface area contributed by atoms with Crippen LogP contribution in [0.15, 0.2) is 48.5 Å². The Bertz CT molecular complexity index is 531. The zero-order valence-corrected chi connectivity index (χ0v) is 12.1. The zero-order valence-electron chi connectivity index (χ0n) is 12.1. The first kappa shape index (κ1) is 14.7. The number of halogens is 1. The van der Waals surface area contributed by atoms with Crippen molar-refractivity contribution in [2.45, 2.75) is 33.5 Å². The molecule has 2 rings (SSSR count). The van der Waals surface area contributed by atoms with Gasteiger partial charge in [0.2, 0.25) is 0 Å². The van der Waals surface area contributed by atoms with E-state index < -0.39 is 0 Å². The monoisotopic (exact) mass is 272 g/mol. The third-order valence-corrected chi connectivity index (χ3v) is 3.09. The van der Waals surface area contributed by atoms with Gasteiger partial charge < -0.3 is 4.74 Å². The molecule has 0 saturated heterocycles. The van der Waals surface area contributed by atoms with Gasteiger partial charge >= 0.3 is 0 Å². The summed E-state index contributed by atoms with van der Waals surface area (Å²) < 4.78 is 18.6. The van der Waals surface area contributed by atoms with Crippen LogP contribution in [0.2, 0.25) is 0 Å². The third-order valence-electron chi connectivity index (χ3n) is 3.09. The normalized spacial score (nSPS) is 11.0. The number of ether oxygens (including phenoxy) is 1. The molecule has 0 amide bonds. The Morgan fingerprint density at radius 1 is 0.900 bits per heavy atom. The molecule has 0 fully saturated rings. The maximum atomic E-state index is 13.0. The standard InChI is InChI=1S/C18H21FO/c1-14(2)10-15-6-8-16(9-7-15)12-20-13-17-4-3-5-18(19)11-17/h3-9,11,14H,10,12-13H2,1-2H3. The fraction of sp³-hybridized carbons (Fsp3) is 0.333. The van der Waals surface area contributed by atoms with Crippen LogP contribution in [-0.2, 0) is 24.4 Å². The second kappa shape index (κ2) is 7.20. The van der Waals surface area contributed by atoms with Crippen LogP contribution in [0.25, 0.3) is 0 Å². The lowest BCUT2D eigenvalue weighted by molar-refractivity contribution is 0.107. The Hall–Kier alpha value is -1.67. The summed E-state index contributed by atoms with van der Waals surface area (Å²) in [5, 5.41) is 0. The van der Waals surface area contributed by atoms with E-state index in [1.54, 1.807) is 6.07 Å². The summed E-state index contributed by atoms with van der Waals surface area (Å²) in [5.41, 5.74) is 3.37. The molecule has 0 saturated carbocycles. The number of rotatable bonds is 6. The van der Waals surface area contributed by atoms with Crippen LogP contribution >= 0.6 is 0 Å². The van der Waals surface area contributed by atoms with Crippen molar-refractivity contribution in [1.82, 2.24) is 0 Å². The Kier molecular flexibility index (Phi) is 5.31. The van der Waals surface area contributed by atoms with E-state index in [1.807, 2.05) is 6.07 Å². The van der Waals surface area contributed by atoms with Crippen LogP contribution in [0, 0.1) is 11.7 Å². The maximum absolute atomic E-state index is 13.0. The molecule has 0 aliphatic heterocycles. The van der Waals surface area contributed by atoms with E-state index in [0.29, 0.717) is 19.1 Å². The molecule has 0 aliphatic rings. The second-order valence-electron chi connectivity index (χ2n) is 5.54. The lowest BCUT2D eigenvalue weighted by Gasteiger charge is -2.07. The van der Waals surface area contributed by atoms with Gasteiger partial charge in [-0.2, -0.15) is 0 Å². The van der Waals surface area contributed by atoms with Crippen molar-refractivity contribution in [1.29, 1.82) is 0 Å². The first-order valence-corrected chi connectivity index (χ1v) is 7.03. The fourth-order valence-corrected chi connectivity index (χ4v) is 2.16. The van der Waals surface area contributed by atoms with Gasteiger partial charge in [0.1, 0.15) is 5.82 Å². The molecule has 1 nitrogen and oxygen atoms in total. The van der Waals surface area contributed by atoms with E-state index in [9.17, 15) is 4.39 Å². The molecule has 20 heavy (non-hydrogen) atoms. The molecule has 2 heteroatoms. The van der Waals surface area contributed by atoms with Gasteiger partial charge in [0.05, 0.1) is 13.2 Å². The summed E-state index contributed by atoms with van der Waals surface area (Å²) in [7, 11) is 0. The topological polar surface area (TPSA) is 9.23 Å². The number of benzene rings is 2. The lowest BCUT2D eigenvalue weighted by Crippen LogP contribution is -1.97. The minimum Gasteiger partial charge on any atom is -0.372 e. The largest absolute Gasteiger partial charge is 0.372 e. The van der Waals surface area contributed by atoms with Gasteiger partial charge in [0.25, 0.3) is 0 Å². The van der Waals surface area contributed by atoms with Crippen molar-refractivity contribution in [3.05, 3.63) is 71.0 Å². The molecule has 0 N–H and O–H groups in total. The number of hydrogen-bond donors (Lipinski definition) is 0. The fourth-order valence-electron chi connectivity index (χ4n) is 2.16. The summed E-state index contributed by atoms with van der Waals surface area (Å²) in [5.74, 6) is 0.453. The summed E-state index contributed by atoms with van der Waals surface area (Å²) in [6.45, 7) is 5.43. The van der Waals surface area contributed by atoms with Crippen molar-refractivity contribution in [3.63, 3.8) is 0 Å². The van der Waals surface area contributed by atoms with Crippen molar-refractivity contribution in [2.75, 3.05) is 0 Å². The zero-order chi connectivity index (χ0) is 14.4. The molecular formula is C18H21FO. The first-order chi connectivity index (χ1) is 9.63. The van der Waals surface area contributed by atoms with Crippen molar-refractivity contribution >= 4 is 0 Å². The average molecular weight is 272 g/mol. The van der Waals surface area contributed by atoms with Gasteiger partial charge in [-0.05, 0) is 41.2 Å². The van der Waals surface area contributed by atoms with Gasteiger partial charge in [0, 0.05) is 0 Å². The summed E-state index contributed by atoms with van der Waals surface area (Å²) in [4.78, 5) is 0. The SMILES string of the molecule is CC(C)Cc1ccc(COCc2cccc(F)c2)cc1. The van der Waals surface area contributed by atoms with Gasteiger partial charge in [-0.25, -0.2) is 4.39 Å². The summed E-state index contributed by atoms with van der Waals surface area (Å²) in [6.07, 6.45) is 1.10. The van der Waals surface area contributed by atoms with Gasteiger partial charge in [0.15, 0.2) is 0 Å². The van der Waals surface area contributed by atoms with Crippen LogP contribution < -0.4 is 0 Å². The van der Waals surface area contributed by atoms with Crippen LogP contribution in [0.4, 0.5) is 4.39 Å². The van der Waals surface area contributed by atoms with E-state index in [4.69, 9.17) is 4.74 Å². The molecule has 0 aromatic heterocycles. The third kappa shape index (κ3) is 4.78. The van der Waals surface area contributed by atoms with Gasteiger partial charge in [-0.3, -0.25) is 0 Å². The predicted molar refractivity (Wildman–Crippen MR) is 79.9 cm³/mol. The molecular weight excluding hydrogens is 251 g/mol. The molecule has 0 aliphatic carbocycles. The Balaban J connectivity index is 1.82. The quantitative estimate of drug-likeness (QED) is 0.738. The van der Waals surface area contributed by atoms with E-state index in [1.165, 1.54) is 17.7 Å². The molecule has 106 valence electrons. The minimum atomic E-state index is -0.218. The lowest BCUT2D eigenvalue weighted by atomic mass is 10.0. The highest BCUT2D eigenvalue weighted by Crippen LogP contribution is 2.12. The smallest absolute Gasteiger partial charge is 0.123 e. The van der Waals surface area contributed by atoms with E-state index in [2.05, 4.69) is 38.1 Å². The molecule has 0 unspecified atom stereocenters. The molecule has 0 bridgehead atoms. The van der Waals surface area contributed by atoms with E-state index >= 15 is 0 Å². The van der Waals surface area contributed by atoms with Crippen LogP contribution in [0.5, 0.6) is 0 Å². The highest BCUT2D eigenvalue weighted by atomic mass is 19.1. The molecule has 0 atom stereocenters. The second-order valence-corrected chi connectivity index (χ2v) is 5.54. The summed E-state index contributed by atoms with van der Waals surface area (Å²) >= 11 is 0. The van der Waals surface area contributed by atoms with Gasteiger partial charge in [-0.15, -0.1) is 0 Å². The van der Waals surface area contributed by atoms with Crippen molar-refractivity contribution in [2.24, 2.45) is 5.92 Å². The van der Waals surface area contributed by atoms with Crippen LogP contribution in [-0.4, -0.2) is 0 Å². The number of hydrogen-bond acceptors (Lipinski definition) is 1. The van der Waals surface area contributed by atoms with E-state index in [0.717, 1.165) is 17.5 Å². The molecule has 0 spiro atoms. The highest BCUT2D eigenvalue weighted by molar-refractivity contribution is 5.22. The van der Waals surface area contributed by atoms with Crippen LogP contribution in [0.3, 0.4) is 0 Å². The minimum absolute atomic E-state index is 0.218.